The minimum atomic E-state index is -4.59. The Balaban J connectivity index is 2.31. The molecule has 0 spiro atoms. The lowest BCUT2D eigenvalue weighted by Gasteiger charge is -2.10. The van der Waals surface area contributed by atoms with Crippen LogP contribution in [0.5, 0.6) is 5.75 Å². The minimum Gasteiger partial charge on any atom is -0.508 e. The predicted octanol–water partition coefficient (Wildman–Crippen LogP) is 1.91. The van der Waals surface area contributed by atoms with Crippen molar-refractivity contribution in [3.8, 4) is 5.75 Å². The van der Waals surface area contributed by atoms with Crippen LogP contribution in [0.1, 0.15) is 11.1 Å². The van der Waals surface area contributed by atoms with Crippen molar-refractivity contribution < 1.29 is 26.7 Å². The van der Waals surface area contributed by atoms with Gasteiger partial charge in [-0.15, -0.1) is 0 Å². The molecule has 0 atom stereocenters. The van der Waals surface area contributed by atoms with Crippen LogP contribution in [0.2, 0.25) is 0 Å². The van der Waals surface area contributed by atoms with E-state index < -0.39 is 27.5 Å². The van der Waals surface area contributed by atoms with Gasteiger partial charge < -0.3 is 5.11 Å². The maximum atomic E-state index is 12.7. The molecule has 0 aliphatic carbocycles. The van der Waals surface area contributed by atoms with Gasteiger partial charge in [-0.3, -0.25) is 4.68 Å². The lowest BCUT2D eigenvalue weighted by molar-refractivity contribution is -0.137. The van der Waals surface area contributed by atoms with E-state index in [0.717, 1.165) is 22.6 Å². The second-order valence-electron chi connectivity index (χ2n) is 5.05. The fraction of sp³-hybridized carbons (Fsp3) is 0.308. The van der Waals surface area contributed by atoms with Crippen molar-refractivity contribution in [3.63, 3.8) is 0 Å². The molecule has 0 aliphatic heterocycles. The number of aromatic hydroxyl groups is 1. The van der Waals surface area contributed by atoms with E-state index >= 15 is 0 Å². The van der Waals surface area contributed by atoms with Crippen LogP contribution in [0, 0.1) is 0 Å². The highest BCUT2D eigenvalue weighted by Crippen LogP contribution is 2.32. The summed E-state index contributed by atoms with van der Waals surface area (Å²) in [6.07, 6.45) is -2.26. The Morgan fingerprint density at radius 1 is 1.26 bits per heavy atom. The van der Waals surface area contributed by atoms with Crippen molar-refractivity contribution in [3.05, 3.63) is 41.7 Å². The van der Waals surface area contributed by atoms with Crippen LogP contribution in [0.3, 0.4) is 0 Å². The van der Waals surface area contributed by atoms with E-state index in [9.17, 15) is 26.7 Å². The number of halogens is 3. The van der Waals surface area contributed by atoms with E-state index in [1.165, 1.54) is 25.0 Å². The van der Waals surface area contributed by atoms with Gasteiger partial charge in [-0.05, 0) is 23.8 Å². The van der Waals surface area contributed by atoms with Crippen LogP contribution in [-0.4, -0.2) is 41.7 Å². The van der Waals surface area contributed by atoms with Crippen molar-refractivity contribution in [2.24, 2.45) is 0 Å². The average molecular weight is 349 g/mol. The van der Waals surface area contributed by atoms with Gasteiger partial charge in [0.25, 0.3) is 0 Å². The molecule has 0 amide bonds. The third-order valence-electron chi connectivity index (χ3n) is 3.04. The summed E-state index contributed by atoms with van der Waals surface area (Å²) < 4.78 is 64.2. The summed E-state index contributed by atoms with van der Waals surface area (Å²) >= 11 is 0. The summed E-state index contributed by atoms with van der Waals surface area (Å²) in [5.41, 5.74) is -0.838. The Labute approximate surface area is 130 Å². The first-order chi connectivity index (χ1) is 10.5. The summed E-state index contributed by atoms with van der Waals surface area (Å²) in [6.45, 7) is -0.111. The number of phenolic OH excluding ortho intramolecular Hbond substituents is 1. The number of rotatable bonds is 4. The molecule has 126 valence electrons. The second-order valence-corrected chi connectivity index (χ2v) is 7.20. The smallest absolute Gasteiger partial charge is 0.416 e. The van der Waals surface area contributed by atoms with Gasteiger partial charge in [0.05, 0.1) is 18.3 Å². The van der Waals surface area contributed by atoms with Gasteiger partial charge in [0.2, 0.25) is 10.0 Å². The maximum Gasteiger partial charge on any atom is 0.416 e. The first-order valence-corrected chi connectivity index (χ1v) is 7.79. The maximum absolute atomic E-state index is 12.7. The van der Waals surface area contributed by atoms with E-state index in [0.29, 0.717) is 6.07 Å². The second kappa shape index (κ2) is 5.85. The molecule has 2 aromatic rings. The molecule has 0 fully saturated rings. The van der Waals surface area contributed by atoms with Crippen LogP contribution >= 0.6 is 0 Å². The van der Waals surface area contributed by atoms with E-state index in [2.05, 4.69) is 5.10 Å². The Morgan fingerprint density at radius 3 is 2.48 bits per heavy atom. The molecule has 0 saturated heterocycles. The number of benzene rings is 1. The van der Waals surface area contributed by atoms with Gasteiger partial charge >= 0.3 is 6.18 Å². The molecule has 0 bridgehead atoms. The molecule has 1 aromatic carbocycles. The lowest BCUT2D eigenvalue weighted by Crippen LogP contribution is -2.21. The predicted molar refractivity (Wildman–Crippen MR) is 75.3 cm³/mol. The van der Waals surface area contributed by atoms with Crippen LogP contribution < -0.4 is 0 Å². The molecule has 0 aliphatic rings. The number of sulfonamides is 1. The molecule has 10 heteroatoms. The monoisotopic (exact) mass is 349 g/mol. The normalized spacial score (nSPS) is 12.8. The zero-order valence-electron chi connectivity index (χ0n) is 12.2. The highest BCUT2D eigenvalue weighted by atomic mass is 32.2. The molecular weight excluding hydrogens is 335 g/mol. The van der Waals surface area contributed by atoms with Crippen LogP contribution in [-0.2, 0) is 22.7 Å². The number of nitrogens with zero attached hydrogens (tertiary/aromatic N) is 3. The van der Waals surface area contributed by atoms with E-state index in [1.807, 2.05) is 0 Å². The van der Waals surface area contributed by atoms with Gasteiger partial charge in [0, 0.05) is 20.3 Å². The Bertz CT molecular complexity index is 813. The largest absolute Gasteiger partial charge is 0.508 e. The third-order valence-corrected chi connectivity index (χ3v) is 4.81. The Kier molecular flexibility index (Phi) is 4.40. The number of hydrogen-bond acceptors (Lipinski definition) is 4. The minimum absolute atomic E-state index is 0.0707. The third kappa shape index (κ3) is 3.82. The fourth-order valence-corrected chi connectivity index (χ4v) is 2.75. The molecule has 0 unspecified atom stereocenters. The summed E-state index contributed by atoms with van der Waals surface area (Å²) in [5, 5.41) is 13.2. The van der Waals surface area contributed by atoms with Crippen LogP contribution in [0.15, 0.2) is 35.5 Å². The van der Waals surface area contributed by atoms with E-state index in [1.54, 1.807) is 0 Å². The van der Waals surface area contributed by atoms with Crippen molar-refractivity contribution in [2.75, 3.05) is 14.1 Å². The van der Waals surface area contributed by atoms with Crippen molar-refractivity contribution in [2.45, 2.75) is 17.6 Å². The number of hydrogen-bond donors (Lipinski definition) is 1. The number of aromatic nitrogens is 2. The van der Waals surface area contributed by atoms with Gasteiger partial charge in [0.15, 0.2) is 0 Å². The standard InChI is InChI=1S/C13H14F3N3O3S/c1-18(2)23(21,22)12-6-17-19(8-12)7-9-3-10(13(14,15)16)5-11(20)4-9/h3-6,8,20H,7H2,1-2H3. The zero-order valence-corrected chi connectivity index (χ0v) is 13.1. The summed E-state index contributed by atoms with van der Waals surface area (Å²) in [7, 11) is -0.950. The average Bonchev–Trinajstić information content (AvgIpc) is 2.86. The molecule has 1 aromatic heterocycles. The number of alkyl halides is 3. The summed E-state index contributed by atoms with van der Waals surface area (Å²) in [6, 6.07) is 2.66. The molecule has 0 radical (unpaired) electrons. The van der Waals surface area contributed by atoms with Gasteiger partial charge in [-0.1, -0.05) is 0 Å². The fourth-order valence-electron chi connectivity index (χ4n) is 1.89. The highest BCUT2D eigenvalue weighted by molar-refractivity contribution is 7.89. The molecule has 1 N–H and O–H groups in total. The molecule has 0 saturated carbocycles. The molecule has 1 heterocycles. The molecule has 23 heavy (non-hydrogen) atoms. The zero-order chi connectivity index (χ0) is 17.4. The van der Waals surface area contributed by atoms with Crippen molar-refractivity contribution >= 4 is 10.0 Å². The Morgan fingerprint density at radius 2 is 1.91 bits per heavy atom. The molecule has 2 rings (SSSR count). The first-order valence-electron chi connectivity index (χ1n) is 6.35. The van der Waals surface area contributed by atoms with Gasteiger partial charge in [-0.2, -0.15) is 18.3 Å². The SMILES string of the molecule is CN(C)S(=O)(=O)c1cnn(Cc2cc(O)cc(C(F)(F)F)c2)c1. The van der Waals surface area contributed by atoms with E-state index in [-0.39, 0.29) is 17.0 Å². The van der Waals surface area contributed by atoms with Crippen LogP contribution in [0.4, 0.5) is 13.2 Å². The van der Waals surface area contributed by atoms with Crippen molar-refractivity contribution in [1.29, 1.82) is 0 Å². The van der Waals surface area contributed by atoms with E-state index in [4.69, 9.17) is 0 Å². The van der Waals surface area contributed by atoms with Gasteiger partial charge in [0.1, 0.15) is 10.6 Å². The highest BCUT2D eigenvalue weighted by Gasteiger charge is 2.31. The topological polar surface area (TPSA) is 75.4 Å². The first kappa shape index (κ1) is 17.3. The molecule has 6 nitrogen and oxygen atoms in total. The quantitative estimate of drug-likeness (QED) is 0.915. The van der Waals surface area contributed by atoms with Crippen molar-refractivity contribution in [1.82, 2.24) is 14.1 Å². The number of phenols is 1. The van der Waals surface area contributed by atoms with Gasteiger partial charge in [-0.25, -0.2) is 12.7 Å². The summed E-state index contributed by atoms with van der Waals surface area (Å²) in [4.78, 5) is -0.0707. The Hall–Kier alpha value is -2.07. The lowest BCUT2D eigenvalue weighted by atomic mass is 10.1. The molecular formula is C13H14F3N3O3S. The van der Waals surface area contributed by atoms with Crippen LogP contribution in [0.25, 0.3) is 0 Å². The summed E-state index contributed by atoms with van der Waals surface area (Å²) in [5.74, 6) is -0.525.